The van der Waals surface area contributed by atoms with Gasteiger partial charge in [-0.3, -0.25) is 10.2 Å². The van der Waals surface area contributed by atoms with E-state index in [2.05, 4.69) is 10.8 Å². The van der Waals surface area contributed by atoms with Crippen molar-refractivity contribution < 1.29 is 23.5 Å². The summed E-state index contributed by atoms with van der Waals surface area (Å²) in [4.78, 5) is 21.8. The summed E-state index contributed by atoms with van der Waals surface area (Å²) in [7, 11) is 0. The van der Waals surface area contributed by atoms with Gasteiger partial charge in [0.15, 0.2) is 12.0 Å². The molecule has 3 aliphatic rings. The molecule has 0 aromatic heterocycles. The molecule has 4 rings (SSSR count). The third-order valence-electron chi connectivity index (χ3n) is 5.95. The van der Waals surface area contributed by atoms with Crippen molar-refractivity contribution in [2.45, 2.75) is 51.6 Å². The Morgan fingerprint density at radius 2 is 1.87 bits per heavy atom. The van der Waals surface area contributed by atoms with Crippen LogP contribution in [0.2, 0.25) is 0 Å². The molecule has 3 aliphatic heterocycles. The number of piperidine rings is 1. The topological polar surface area (TPSA) is 75.3 Å². The fourth-order valence-electron chi connectivity index (χ4n) is 4.29. The number of benzene rings is 1. The van der Waals surface area contributed by atoms with Crippen LogP contribution in [0.1, 0.15) is 45.4 Å². The lowest BCUT2D eigenvalue weighted by atomic mass is 9.94. The van der Waals surface area contributed by atoms with Crippen LogP contribution >= 0.6 is 0 Å². The summed E-state index contributed by atoms with van der Waals surface area (Å²) in [6, 6.07) is 5.42. The number of hydrogen-bond donors (Lipinski definition) is 2. The quantitative estimate of drug-likeness (QED) is 0.755. The molecule has 2 unspecified atom stereocenters. The molecule has 1 amide bonds. The first kappa shape index (κ1) is 22.3. The highest BCUT2D eigenvalue weighted by molar-refractivity contribution is 5.68. The van der Waals surface area contributed by atoms with E-state index in [0.29, 0.717) is 50.6 Å². The molecule has 3 fully saturated rings. The van der Waals surface area contributed by atoms with Crippen LogP contribution < -0.4 is 15.7 Å². The monoisotopic (exact) mass is 436 g/mol. The molecule has 2 atom stereocenters. The van der Waals surface area contributed by atoms with Gasteiger partial charge < -0.3 is 19.3 Å². The summed E-state index contributed by atoms with van der Waals surface area (Å²) in [6.07, 6.45) is 0.702. The first-order valence-electron chi connectivity index (χ1n) is 11.1. The van der Waals surface area contributed by atoms with E-state index in [-0.39, 0.29) is 24.0 Å². The van der Waals surface area contributed by atoms with E-state index in [9.17, 15) is 4.79 Å². The third kappa shape index (κ3) is 5.28. The normalized spacial score (nSPS) is 25.7. The van der Waals surface area contributed by atoms with Gasteiger partial charge in [-0.25, -0.2) is 9.18 Å². The molecular formula is C22H33FN4O4. The Balaban J connectivity index is 1.34. The lowest BCUT2D eigenvalue weighted by molar-refractivity contribution is 0.00564. The number of anilines is 1. The summed E-state index contributed by atoms with van der Waals surface area (Å²) in [6.45, 7) is 9.43. The maximum atomic E-state index is 15.3. The second-order valence-corrected chi connectivity index (χ2v) is 9.34. The molecule has 0 aliphatic carbocycles. The first-order chi connectivity index (χ1) is 14.8. The predicted molar refractivity (Wildman–Crippen MR) is 114 cm³/mol. The number of hydroxylamine groups is 1. The summed E-state index contributed by atoms with van der Waals surface area (Å²) in [5, 5.41) is 3.38. The van der Waals surface area contributed by atoms with E-state index < -0.39 is 11.8 Å². The van der Waals surface area contributed by atoms with Crippen LogP contribution in [-0.2, 0) is 14.3 Å². The van der Waals surface area contributed by atoms with Gasteiger partial charge in [-0.1, -0.05) is 12.1 Å². The lowest BCUT2D eigenvalue weighted by Crippen LogP contribution is -2.47. The van der Waals surface area contributed by atoms with Crippen LogP contribution in [0.5, 0.6) is 0 Å². The summed E-state index contributed by atoms with van der Waals surface area (Å²) in [5.41, 5.74) is 3.62. The van der Waals surface area contributed by atoms with Gasteiger partial charge >= 0.3 is 6.09 Å². The molecule has 0 radical (unpaired) electrons. The van der Waals surface area contributed by atoms with Gasteiger partial charge in [0.25, 0.3) is 0 Å². The zero-order chi connectivity index (χ0) is 22.0. The van der Waals surface area contributed by atoms with Gasteiger partial charge in [0, 0.05) is 31.7 Å². The van der Waals surface area contributed by atoms with Crippen LogP contribution in [0.4, 0.5) is 14.9 Å². The van der Waals surface area contributed by atoms with E-state index in [1.165, 1.54) is 0 Å². The minimum Gasteiger partial charge on any atom is -0.444 e. The van der Waals surface area contributed by atoms with Gasteiger partial charge in [0.2, 0.25) is 0 Å². The Morgan fingerprint density at radius 1 is 1.16 bits per heavy atom. The van der Waals surface area contributed by atoms with Crippen molar-refractivity contribution in [2.75, 3.05) is 44.3 Å². The Kier molecular flexibility index (Phi) is 6.66. The number of ether oxygens (including phenoxy) is 2. The van der Waals surface area contributed by atoms with Crippen molar-refractivity contribution in [3.05, 3.63) is 29.6 Å². The van der Waals surface area contributed by atoms with Crippen molar-refractivity contribution in [1.29, 1.82) is 0 Å². The molecule has 1 aromatic rings. The molecule has 8 nitrogen and oxygen atoms in total. The van der Waals surface area contributed by atoms with Crippen LogP contribution in [0.25, 0.3) is 0 Å². The molecule has 9 heteroatoms. The van der Waals surface area contributed by atoms with Crippen LogP contribution in [-0.4, -0.2) is 62.2 Å². The number of carbonyl (C=O) groups excluding carboxylic acids is 1. The molecule has 172 valence electrons. The molecule has 1 aromatic carbocycles. The molecule has 2 N–H and O–H groups in total. The number of rotatable bonds is 3. The summed E-state index contributed by atoms with van der Waals surface area (Å²) < 4.78 is 26.1. The summed E-state index contributed by atoms with van der Waals surface area (Å²) >= 11 is 0. The standard InChI is InChI=1S/C22H33FN4O4/c1-22(2,3)30-21(28)27-9-7-15(8-10-27)19-24-20(31-25-19)16-5-4-6-17(18(16)23)26-11-13-29-14-12-26/h4-6,15,19-20,24-25H,7-14H2,1-3H3. The van der Waals surface area contributed by atoms with Gasteiger partial charge in [-0.15, -0.1) is 0 Å². The van der Waals surface area contributed by atoms with Crippen molar-refractivity contribution in [1.82, 2.24) is 15.7 Å². The molecule has 31 heavy (non-hydrogen) atoms. The molecular weight excluding hydrogens is 403 g/mol. The largest absolute Gasteiger partial charge is 0.444 e. The van der Waals surface area contributed by atoms with Crippen LogP contribution in [0, 0.1) is 11.7 Å². The second-order valence-electron chi connectivity index (χ2n) is 9.34. The Labute approximate surface area is 182 Å². The van der Waals surface area contributed by atoms with Crippen molar-refractivity contribution >= 4 is 11.8 Å². The molecule has 0 bridgehead atoms. The first-order valence-corrected chi connectivity index (χ1v) is 11.1. The average molecular weight is 437 g/mol. The highest BCUT2D eigenvalue weighted by Crippen LogP contribution is 2.31. The predicted octanol–water partition coefficient (Wildman–Crippen LogP) is 2.76. The summed E-state index contributed by atoms with van der Waals surface area (Å²) in [5.74, 6) is 0.0123. The Morgan fingerprint density at radius 3 is 2.55 bits per heavy atom. The second kappa shape index (κ2) is 9.28. The zero-order valence-corrected chi connectivity index (χ0v) is 18.5. The number of amides is 1. The average Bonchev–Trinajstić information content (AvgIpc) is 3.23. The highest BCUT2D eigenvalue weighted by atomic mass is 19.1. The smallest absolute Gasteiger partial charge is 0.410 e. The van der Waals surface area contributed by atoms with Crippen molar-refractivity contribution in [3.63, 3.8) is 0 Å². The maximum absolute atomic E-state index is 15.3. The number of halogens is 1. The van der Waals surface area contributed by atoms with E-state index in [1.54, 1.807) is 17.0 Å². The fraction of sp³-hybridized carbons (Fsp3) is 0.682. The molecule has 0 saturated carbocycles. The Bertz CT molecular complexity index is 773. The highest BCUT2D eigenvalue weighted by Gasteiger charge is 2.36. The van der Waals surface area contributed by atoms with Gasteiger partial charge in [-0.2, -0.15) is 5.48 Å². The van der Waals surface area contributed by atoms with Crippen molar-refractivity contribution in [2.24, 2.45) is 5.92 Å². The minimum atomic E-state index is -0.560. The van der Waals surface area contributed by atoms with Crippen molar-refractivity contribution in [3.8, 4) is 0 Å². The van der Waals surface area contributed by atoms with E-state index in [0.717, 1.165) is 12.8 Å². The SMILES string of the molecule is CC(C)(C)OC(=O)N1CCC(C2NOC(c3cccc(N4CCOCC4)c3F)N2)CC1. The van der Waals surface area contributed by atoms with Gasteiger partial charge in [0.05, 0.1) is 25.1 Å². The number of nitrogens with one attached hydrogen (secondary N) is 2. The zero-order valence-electron chi connectivity index (χ0n) is 18.5. The number of hydrogen-bond acceptors (Lipinski definition) is 7. The molecule has 0 spiro atoms. The van der Waals surface area contributed by atoms with Crippen LogP contribution in [0.3, 0.4) is 0 Å². The van der Waals surface area contributed by atoms with Gasteiger partial charge in [0.1, 0.15) is 5.60 Å². The number of likely N-dealkylation sites (tertiary alicyclic amines) is 1. The molecule has 3 heterocycles. The number of morpholine rings is 1. The number of carbonyl (C=O) groups is 1. The van der Waals surface area contributed by atoms with E-state index in [4.69, 9.17) is 14.3 Å². The van der Waals surface area contributed by atoms with E-state index >= 15 is 4.39 Å². The fourth-order valence-corrected chi connectivity index (χ4v) is 4.29. The maximum Gasteiger partial charge on any atom is 0.410 e. The molecule has 3 saturated heterocycles. The minimum absolute atomic E-state index is 0.0998. The number of nitrogens with zero attached hydrogens (tertiary/aromatic N) is 2. The lowest BCUT2D eigenvalue weighted by Gasteiger charge is -2.35. The van der Waals surface area contributed by atoms with Gasteiger partial charge in [-0.05, 0) is 45.6 Å². The third-order valence-corrected chi connectivity index (χ3v) is 5.95. The van der Waals surface area contributed by atoms with E-state index in [1.807, 2.05) is 31.7 Å². The van der Waals surface area contributed by atoms with Crippen LogP contribution in [0.15, 0.2) is 18.2 Å². The Hall–Kier alpha value is -1.94.